The van der Waals surface area contributed by atoms with Gasteiger partial charge in [0.05, 0.1) is 6.04 Å². The third-order valence-corrected chi connectivity index (χ3v) is 1.81. The molecule has 0 aromatic heterocycles. The summed E-state index contributed by atoms with van der Waals surface area (Å²) in [7, 11) is 0. The molecule has 0 fully saturated rings. The molecule has 0 aliphatic carbocycles. The van der Waals surface area contributed by atoms with E-state index in [-0.39, 0.29) is 5.56 Å². The maximum Gasteiger partial charge on any atom is 0.340 e. The zero-order valence-corrected chi connectivity index (χ0v) is 7.15. The Labute approximate surface area is 79.2 Å². The highest BCUT2D eigenvalue weighted by atomic mass is 19.1. The highest BCUT2D eigenvalue weighted by Gasteiger charge is 2.25. The lowest BCUT2D eigenvalue weighted by Gasteiger charge is -2.12. The molecule has 0 saturated carbocycles. The highest BCUT2D eigenvalue weighted by Crippen LogP contribution is 2.17. The second kappa shape index (κ2) is 4.15. The van der Waals surface area contributed by atoms with Gasteiger partial charge in [0.2, 0.25) is 6.17 Å². The number of hydrogen-bond donors (Lipinski definition) is 2. The van der Waals surface area contributed by atoms with E-state index in [1.54, 1.807) is 0 Å². The average Bonchev–Trinajstić information content (AvgIpc) is 2.16. The van der Waals surface area contributed by atoms with E-state index in [9.17, 15) is 13.6 Å². The quantitative estimate of drug-likeness (QED) is 0.773. The first kappa shape index (κ1) is 10.6. The normalized spacial score (nSPS) is 14.8. The molecule has 0 aliphatic heterocycles. The van der Waals surface area contributed by atoms with Crippen molar-refractivity contribution in [3.63, 3.8) is 0 Å². The van der Waals surface area contributed by atoms with Crippen molar-refractivity contribution in [2.75, 3.05) is 0 Å². The topological polar surface area (TPSA) is 63.3 Å². The van der Waals surface area contributed by atoms with Crippen molar-refractivity contribution in [1.82, 2.24) is 0 Å². The van der Waals surface area contributed by atoms with Crippen LogP contribution in [0.2, 0.25) is 0 Å². The molecule has 1 aromatic rings. The predicted molar refractivity (Wildman–Crippen MR) is 45.9 cm³/mol. The van der Waals surface area contributed by atoms with Gasteiger partial charge in [0, 0.05) is 0 Å². The Morgan fingerprint density at radius 3 is 2.29 bits per heavy atom. The number of halogens is 2. The van der Waals surface area contributed by atoms with Crippen molar-refractivity contribution in [2.24, 2.45) is 5.73 Å². The van der Waals surface area contributed by atoms with Crippen molar-refractivity contribution in [2.45, 2.75) is 12.2 Å². The molecule has 2 unspecified atom stereocenters. The van der Waals surface area contributed by atoms with Gasteiger partial charge in [-0.15, -0.1) is 0 Å². The van der Waals surface area contributed by atoms with Gasteiger partial charge in [0.1, 0.15) is 5.82 Å². The molecule has 0 bridgehead atoms. The number of rotatable bonds is 3. The fourth-order valence-corrected chi connectivity index (χ4v) is 1.01. The van der Waals surface area contributed by atoms with Crippen LogP contribution in [0.25, 0.3) is 0 Å². The molecule has 0 radical (unpaired) electrons. The maximum absolute atomic E-state index is 12.9. The van der Waals surface area contributed by atoms with Crippen LogP contribution in [-0.4, -0.2) is 17.2 Å². The minimum Gasteiger partial charge on any atom is -0.479 e. The van der Waals surface area contributed by atoms with Crippen LogP contribution in [0.1, 0.15) is 11.6 Å². The first-order valence-electron chi connectivity index (χ1n) is 3.90. The van der Waals surface area contributed by atoms with Crippen LogP contribution in [0.4, 0.5) is 8.78 Å². The third kappa shape index (κ3) is 2.26. The second-order valence-corrected chi connectivity index (χ2v) is 2.82. The largest absolute Gasteiger partial charge is 0.479 e. The summed E-state index contributed by atoms with van der Waals surface area (Å²) in [4.78, 5) is 10.3. The van der Waals surface area contributed by atoms with E-state index >= 15 is 0 Å². The minimum absolute atomic E-state index is 0.251. The van der Waals surface area contributed by atoms with Crippen LogP contribution in [-0.2, 0) is 4.79 Å². The minimum atomic E-state index is -2.18. The molecule has 0 saturated heterocycles. The molecule has 14 heavy (non-hydrogen) atoms. The number of benzene rings is 1. The van der Waals surface area contributed by atoms with Crippen LogP contribution < -0.4 is 5.73 Å². The van der Waals surface area contributed by atoms with Crippen molar-refractivity contribution in [3.05, 3.63) is 35.6 Å². The summed E-state index contributed by atoms with van der Waals surface area (Å²) in [5.41, 5.74) is 5.56. The Kier molecular flexibility index (Phi) is 3.14. The Balaban J connectivity index is 2.84. The van der Waals surface area contributed by atoms with Crippen LogP contribution >= 0.6 is 0 Å². The zero-order chi connectivity index (χ0) is 10.7. The van der Waals surface area contributed by atoms with Gasteiger partial charge < -0.3 is 10.8 Å². The molecule has 0 amide bonds. The van der Waals surface area contributed by atoms with Gasteiger partial charge in [-0.2, -0.15) is 0 Å². The summed E-state index contributed by atoms with van der Waals surface area (Å²) in [5, 5.41) is 8.34. The first-order chi connectivity index (χ1) is 6.52. The number of aliphatic carboxylic acids is 1. The summed E-state index contributed by atoms with van der Waals surface area (Å²) in [6, 6.07) is 3.45. The fourth-order valence-electron chi connectivity index (χ4n) is 1.01. The molecular weight excluding hydrogens is 192 g/mol. The summed E-state index contributed by atoms with van der Waals surface area (Å²) < 4.78 is 25.3. The lowest BCUT2D eigenvalue weighted by atomic mass is 10.0. The number of hydrogen-bond acceptors (Lipinski definition) is 2. The lowest BCUT2D eigenvalue weighted by Crippen LogP contribution is -2.29. The standard InChI is InChI=1S/C9H9F2NO2/c10-6-3-1-5(2-4-6)8(12)7(11)9(13)14/h1-4,7-8H,12H2,(H,13,14). The Hall–Kier alpha value is -1.49. The number of nitrogens with two attached hydrogens (primary N) is 1. The van der Waals surface area contributed by atoms with Gasteiger partial charge in [-0.05, 0) is 17.7 Å². The summed E-state index contributed by atoms with van der Waals surface area (Å²) in [5.74, 6) is -2.10. The van der Waals surface area contributed by atoms with E-state index in [0.717, 1.165) is 12.1 Å². The van der Waals surface area contributed by atoms with E-state index in [0.29, 0.717) is 0 Å². The van der Waals surface area contributed by atoms with Crippen LogP contribution in [0.3, 0.4) is 0 Å². The Bertz CT molecular complexity index is 326. The first-order valence-corrected chi connectivity index (χ1v) is 3.90. The predicted octanol–water partition coefficient (Wildman–Crippen LogP) is 1.25. The molecule has 0 heterocycles. The summed E-state index contributed by atoms with van der Waals surface area (Å²) >= 11 is 0. The zero-order valence-electron chi connectivity index (χ0n) is 7.15. The van der Waals surface area contributed by atoms with Crippen molar-refractivity contribution < 1.29 is 18.7 Å². The summed E-state index contributed by atoms with van der Waals surface area (Å²) in [6.45, 7) is 0. The molecule has 1 aromatic carbocycles. The van der Waals surface area contributed by atoms with Crippen molar-refractivity contribution in [3.8, 4) is 0 Å². The van der Waals surface area contributed by atoms with E-state index in [1.165, 1.54) is 12.1 Å². The van der Waals surface area contributed by atoms with E-state index < -0.39 is 24.0 Å². The van der Waals surface area contributed by atoms with Crippen molar-refractivity contribution >= 4 is 5.97 Å². The van der Waals surface area contributed by atoms with Gasteiger partial charge in [0.25, 0.3) is 0 Å². The molecule has 3 N–H and O–H groups in total. The molecular formula is C9H9F2NO2. The average molecular weight is 201 g/mol. The fraction of sp³-hybridized carbons (Fsp3) is 0.222. The van der Waals surface area contributed by atoms with Gasteiger partial charge in [-0.25, -0.2) is 13.6 Å². The monoisotopic (exact) mass is 201 g/mol. The molecule has 0 aliphatic rings. The molecule has 0 spiro atoms. The van der Waals surface area contributed by atoms with E-state index in [1.807, 2.05) is 0 Å². The van der Waals surface area contributed by atoms with Gasteiger partial charge in [0.15, 0.2) is 0 Å². The SMILES string of the molecule is NC(c1ccc(F)cc1)C(F)C(=O)O. The molecule has 3 nitrogen and oxygen atoms in total. The number of alkyl halides is 1. The third-order valence-electron chi connectivity index (χ3n) is 1.81. The number of carboxylic acid groups (broad SMARTS) is 1. The highest BCUT2D eigenvalue weighted by molar-refractivity contribution is 5.73. The molecule has 76 valence electrons. The van der Waals surface area contributed by atoms with Crippen LogP contribution in [0.15, 0.2) is 24.3 Å². The van der Waals surface area contributed by atoms with Gasteiger partial charge in [-0.1, -0.05) is 12.1 Å². The van der Waals surface area contributed by atoms with Crippen LogP contribution in [0.5, 0.6) is 0 Å². The van der Waals surface area contributed by atoms with Crippen molar-refractivity contribution in [1.29, 1.82) is 0 Å². The maximum atomic E-state index is 12.9. The van der Waals surface area contributed by atoms with Gasteiger partial charge in [-0.3, -0.25) is 0 Å². The van der Waals surface area contributed by atoms with Gasteiger partial charge >= 0.3 is 5.97 Å². The Morgan fingerprint density at radius 1 is 1.36 bits per heavy atom. The number of carboxylic acids is 1. The van der Waals surface area contributed by atoms with Crippen LogP contribution in [0, 0.1) is 5.82 Å². The lowest BCUT2D eigenvalue weighted by molar-refractivity contribution is -0.143. The van der Waals surface area contributed by atoms with E-state index in [2.05, 4.69) is 0 Å². The van der Waals surface area contributed by atoms with E-state index in [4.69, 9.17) is 10.8 Å². The second-order valence-electron chi connectivity index (χ2n) is 2.82. The Morgan fingerprint density at radius 2 is 1.86 bits per heavy atom. The molecule has 1 rings (SSSR count). The summed E-state index contributed by atoms with van der Waals surface area (Å²) in [6.07, 6.45) is -2.18. The number of carbonyl (C=O) groups is 1. The molecule has 2 atom stereocenters. The smallest absolute Gasteiger partial charge is 0.340 e. The molecule has 5 heteroatoms.